The highest BCUT2D eigenvalue weighted by Gasteiger charge is 2.28. The van der Waals surface area contributed by atoms with Crippen LogP contribution in [-0.2, 0) is 24.0 Å². The number of hydrogen-bond acceptors (Lipinski definition) is 7. The van der Waals surface area contributed by atoms with E-state index in [1.165, 1.54) is 0 Å². The molecule has 0 fully saturated rings. The topological polar surface area (TPSA) is 228 Å². The molecule has 3 amide bonds. The van der Waals surface area contributed by atoms with Crippen LogP contribution in [0.15, 0.2) is 0 Å². The monoisotopic (exact) mass is 389 g/mol. The largest absolute Gasteiger partial charge is 0.481 e. The van der Waals surface area contributed by atoms with Gasteiger partial charge in [-0.3, -0.25) is 19.2 Å². The fourth-order valence-corrected chi connectivity index (χ4v) is 2.14. The molecule has 0 aliphatic rings. The van der Waals surface area contributed by atoms with Crippen molar-refractivity contribution in [1.82, 2.24) is 10.6 Å². The van der Waals surface area contributed by atoms with Gasteiger partial charge in [0.25, 0.3) is 0 Å². The predicted octanol–water partition coefficient (Wildman–Crippen LogP) is -2.76. The van der Waals surface area contributed by atoms with E-state index in [0.29, 0.717) is 19.4 Å². The third kappa shape index (κ3) is 10.8. The summed E-state index contributed by atoms with van der Waals surface area (Å²) in [5, 5.41) is 22.4. The van der Waals surface area contributed by atoms with E-state index in [-0.39, 0.29) is 19.3 Å². The molecule has 0 aromatic rings. The minimum absolute atomic E-state index is 0.150. The number of carbonyl (C=O) groups excluding carboxylic acids is 3. The van der Waals surface area contributed by atoms with Crippen LogP contribution in [0.2, 0.25) is 0 Å². The maximum atomic E-state index is 12.4. The lowest BCUT2D eigenvalue weighted by molar-refractivity contribution is -0.143. The highest BCUT2D eigenvalue weighted by Crippen LogP contribution is 2.05. The van der Waals surface area contributed by atoms with Crippen molar-refractivity contribution in [3.05, 3.63) is 0 Å². The number of carboxylic acids is 2. The van der Waals surface area contributed by atoms with Gasteiger partial charge in [-0.1, -0.05) is 0 Å². The quantitative estimate of drug-likeness (QED) is 0.152. The Morgan fingerprint density at radius 3 is 1.96 bits per heavy atom. The third-order valence-corrected chi connectivity index (χ3v) is 3.61. The van der Waals surface area contributed by atoms with Gasteiger partial charge in [0.15, 0.2) is 0 Å². The van der Waals surface area contributed by atoms with Gasteiger partial charge in [0.05, 0.1) is 12.5 Å². The van der Waals surface area contributed by atoms with Crippen LogP contribution in [0.1, 0.15) is 38.5 Å². The highest BCUT2D eigenvalue weighted by atomic mass is 16.4. The number of unbranched alkanes of at least 4 members (excludes halogenated alkanes) is 1. The van der Waals surface area contributed by atoms with E-state index in [0.717, 1.165) is 0 Å². The summed E-state index contributed by atoms with van der Waals surface area (Å²) in [6, 6.07) is -3.86. The van der Waals surface area contributed by atoms with Crippen LogP contribution in [0, 0.1) is 0 Å². The Morgan fingerprint density at radius 1 is 0.889 bits per heavy atom. The SMILES string of the molecule is NCCCC[C@H](NC(=O)[C@@H](N)CC(=O)O)C(=O)N[C@@H](CCC(N)=O)C(=O)O. The minimum atomic E-state index is -1.37. The van der Waals surface area contributed by atoms with Gasteiger partial charge < -0.3 is 38.0 Å². The van der Waals surface area contributed by atoms with E-state index in [9.17, 15) is 24.0 Å². The first-order valence-corrected chi connectivity index (χ1v) is 8.37. The highest BCUT2D eigenvalue weighted by molar-refractivity contribution is 5.93. The van der Waals surface area contributed by atoms with E-state index in [4.69, 9.17) is 27.4 Å². The first-order valence-electron chi connectivity index (χ1n) is 8.37. The molecule has 12 nitrogen and oxygen atoms in total. The second kappa shape index (κ2) is 12.6. The summed E-state index contributed by atoms with van der Waals surface area (Å²) in [6.45, 7) is 0.358. The molecule has 10 N–H and O–H groups in total. The molecule has 0 saturated heterocycles. The van der Waals surface area contributed by atoms with Crippen LogP contribution in [0.5, 0.6) is 0 Å². The molecule has 0 heterocycles. The Labute approximate surface area is 155 Å². The molecule has 0 aromatic heterocycles. The van der Waals surface area contributed by atoms with Crippen LogP contribution in [0.25, 0.3) is 0 Å². The van der Waals surface area contributed by atoms with Gasteiger partial charge in [0.1, 0.15) is 12.1 Å². The molecule has 27 heavy (non-hydrogen) atoms. The van der Waals surface area contributed by atoms with Crippen molar-refractivity contribution in [2.75, 3.05) is 6.54 Å². The van der Waals surface area contributed by atoms with Crippen molar-refractivity contribution in [1.29, 1.82) is 0 Å². The second-order valence-corrected chi connectivity index (χ2v) is 5.95. The van der Waals surface area contributed by atoms with E-state index in [1.54, 1.807) is 0 Å². The number of hydrogen-bond donors (Lipinski definition) is 7. The van der Waals surface area contributed by atoms with Crippen molar-refractivity contribution in [2.45, 2.75) is 56.7 Å². The summed E-state index contributed by atoms with van der Waals surface area (Å²) in [6.07, 6.45) is 0.0896. The van der Waals surface area contributed by atoms with E-state index < -0.39 is 54.2 Å². The standard InChI is InChI=1S/C15H27N5O7/c16-6-2-1-3-9(19-13(24)8(17)7-12(22)23)14(25)20-10(15(26)27)4-5-11(18)21/h8-10H,1-7,16-17H2,(H2,18,21)(H,19,24)(H,20,25)(H,22,23)(H,26,27)/t8-,9-,10-/m0/s1. The molecule has 0 unspecified atom stereocenters. The van der Waals surface area contributed by atoms with Gasteiger partial charge >= 0.3 is 11.9 Å². The maximum Gasteiger partial charge on any atom is 0.326 e. The third-order valence-electron chi connectivity index (χ3n) is 3.61. The fraction of sp³-hybridized carbons (Fsp3) is 0.667. The first kappa shape index (κ1) is 24.3. The Hall–Kier alpha value is -2.73. The Bertz CT molecular complexity index is 555. The second-order valence-electron chi connectivity index (χ2n) is 5.95. The van der Waals surface area contributed by atoms with E-state index >= 15 is 0 Å². The van der Waals surface area contributed by atoms with Gasteiger partial charge in [-0.25, -0.2) is 4.79 Å². The molecule has 0 aromatic carbocycles. The van der Waals surface area contributed by atoms with Crippen LogP contribution < -0.4 is 27.8 Å². The molecule has 0 aliphatic carbocycles. The summed E-state index contributed by atoms with van der Waals surface area (Å²) < 4.78 is 0. The number of amides is 3. The minimum Gasteiger partial charge on any atom is -0.481 e. The van der Waals surface area contributed by atoms with Gasteiger partial charge in [-0.05, 0) is 32.2 Å². The lowest BCUT2D eigenvalue weighted by Crippen LogP contribution is -2.54. The van der Waals surface area contributed by atoms with Gasteiger partial charge in [0.2, 0.25) is 17.7 Å². The summed E-state index contributed by atoms with van der Waals surface area (Å²) in [5.41, 5.74) is 15.8. The molecule has 3 atom stereocenters. The van der Waals surface area contributed by atoms with E-state index in [2.05, 4.69) is 10.6 Å². The number of carbonyl (C=O) groups is 5. The van der Waals surface area contributed by atoms with Crippen LogP contribution in [0.3, 0.4) is 0 Å². The van der Waals surface area contributed by atoms with E-state index in [1.807, 2.05) is 0 Å². The lowest BCUT2D eigenvalue weighted by atomic mass is 10.1. The predicted molar refractivity (Wildman–Crippen MR) is 93.1 cm³/mol. The van der Waals surface area contributed by atoms with Crippen molar-refractivity contribution in [3.8, 4) is 0 Å². The molecular formula is C15H27N5O7. The summed E-state index contributed by atoms with van der Waals surface area (Å²) >= 11 is 0. The van der Waals surface area contributed by atoms with Crippen molar-refractivity contribution in [3.63, 3.8) is 0 Å². The average molecular weight is 389 g/mol. The number of primary amides is 1. The molecular weight excluding hydrogens is 362 g/mol. The number of carboxylic acid groups (broad SMARTS) is 2. The molecule has 12 heteroatoms. The lowest BCUT2D eigenvalue weighted by Gasteiger charge is -2.22. The molecule has 0 bridgehead atoms. The zero-order valence-corrected chi connectivity index (χ0v) is 14.8. The molecule has 0 aliphatic heterocycles. The molecule has 0 rings (SSSR count). The van der Waals surface area contributed by atoms with Crippen molar-refractivity contribution >= 4 is 29.7 Å². The number of nitrogens with one attached hydrogen (secondary N) is 2. The summed E-state index contributed by atoms with van der Waals surface area (Å²) in [5.74, 6) is -5.00. The zero-order chi connectivity index (χ0) is 21.0. The number of rotatable bonds is 14. The average Bonchev–Trinajstić information content (AvgIpc) is 2.56. The fourth-order valence-electron chi connectivity index (χ4n) is 2.14. The first-order chi connectivity index (χ1) is 12.6. The molecule has 0 radical (unpaired) electrons. The Kier molecular flexibility index (Phi) is 11.3. The van der Waals surface area contributed by atoms with Gasteiger partial charge in [-0.15, -0.1) is 0 Å². The Balaban J connectivity index is 5.03. The summed E-state index contributed by atoms with van der Waals surface area (Å²) in [7, 11) is 0. The normalized spacial score (nSPS) is 13.9. The van der Waals surface area contributed by atoms with Crippen LogP contribution in [-0.4, -0.2) is 64.5 Å². The smallest absolute Gasteiger partial charge is 0.326 e. The van der Waals surface area contributed by atoms with Crippen molar-refractivity contribution in [2.24, 2.45) is 17.2 Å². The number of aliphatic carboxylic acids is 2. The van der Waals surface area contributed by atoms with Gasteiger partial charge in [0, 0.05) is 6.42 Å². The molecule has 0 saturated carbocycles. The molecule has 154 valence electrons. The Morgan fingerprint density at radius 2 is 1.48 bits per heavy atom. The summed E-state index contributed by atoms with van der Waals surface area (Å²) in [4.78, 5) is 57.0. The molecule has 0 spiro atoms. The maximum absolute atomic E-state index is 12.4. The van der Waals surface area contributed by atoms with Crippen LogP contribution in [0.4, 0.5) is 0 Å². The van der Waals surface area contributed by atoms with Crippen molar-refractivity contribution < 1.29 is 34.2 Å². The zero-order valence-electron chi connectivity index (χ0n) is 14.8. The number of nitrogens with two attached hydrogens (primary N) is 3. The van der Waals surface area contributed by atoms with Gasteiger partial charge in [-0.2, -0.15) is 0 Å². The van der Waals surface area contributed by atoms with Crippen LogP contribution >= 0.6 is 0 Å².